The molecule has 4 fully saturated rings. The van der Waals surface area contributed by atoms with E-state index in [0.717, 1.165) is 29.6 Å². The average Bonchev–Trinajstić information content (AvgIpc) is 2.99. The van der Waals surface area contributed by atoms with E-state index in [0.29, 0.717) is 27.1 Å². The Morgan fingerprint density at radius 2 is 1.50 bits per heavy atom. The summed E-state index contributed by atoms with van der Waals surface area (Å²) in [6.45, 7) is 21.1. The van der Waals surface area contributed by atoms with Crippen LogP contribution in [0.1, 0.15) is 120 Å². The number of rotatable bonds is 1. The standard InChI is InChI=1S/C30H50/c1-20(2)21-10-11-22-23-12-13-25-28(6)16-9-15-26(3,4)24(28)14-17-30(25,8)29(23,7)19-18-27(21,22)5/h12,20-22,24-25H,9-11,13-19H2,1-8H3/t21-,22+,24-,25-,27-,28+,29-,30-/m1/s1. The van der Waals surface area contributed by atoms with E-state index in [-0.39, 0.29) is 0 Å². The lowest BCUT2D eigenvalue weighted by Gasteiger charge is -2.70. The van der Waals surface area contributed by atoms with Crippen LogP contribution in [0.2, 0.25) is 0 Å². The van der Waals surface area contributed by atoms with Crippen molar-refractivity contribution in [2.45, 2.75) is 120 Å². The Hall–Kier alpha value is -0.260. The highest BCUT2D eigenvalue weighted by molar-refractivity contribution is 5.33. The molecule has 0 unspecified atom stereocenters. The molecule has 0 spiro atoms. The summed E-state index contributed by atoms with van der Waals surface area (Å²) < 4.78 is 0. The zero-order chi connectivity index (χ0) is 21.7. The van der Waals surface area contributed by atoms with Crippen LogP contribution in [0.3, 0.4) is 0 Å². The molecule has 0 aromatic rings. The minimum absolute atomic E-state index is 0.446. The molecule has 0 aromatic heterocycles. The Kier molecular flexibility index (Phi) is 4.61. The summed E-state index contributed by atoms with van der Waals surface area (Å²) in [6, 6.07) is 0. The maximum absolute atomic E-state index is 2.85. The lowest BCUT2D eigenvalue weighted by Crippen LogP contribution is -2.62. The van der Waals surface area contributed by atoms with Crippen LogP contribution in [-0.2, 0) is 0 Å². The molecular weight excluding hydrogens is 360 g/mol. The fraction of sp³-hybridized carbons (Fsp3) is 0.933. The third kappa shape index (κ3) is 2.46. The van der Waals surface area contributed by atoms with Gasteiger partial charge < -0.3 is 0 Å². The van der Waals surface area contributed by atoms with Gasteiger partial charge in [0.2, 0.25) is 0 Å². The van der Waals surface area contributed by atoms with E-state index in [1.807, 2.05) is 5.57 Å². The molecule has 4 saturated carbocycles. The monoisotopic (exact) mass is 410 g/mol. The van der Waals surface area contributed by atoms with Crippen LogP contribution >= 0.6 is 0 Å². The lowest BCUT2D eigenvalue weighted by atomic mass is 9.34. The van der Waals surface area contributed by atoms with Gasteiger partial charge in [-0.1, -0.05) is 73.5 Å². The van der Waals surface area contributed by atoms with E-state index in [2.05, 4.69) is 61.5 Å². The molecule has 0 N–H and O–H groups in total. The molecule has 5 aliphatic rings. The molecule has 0 aromatic carbocycles. The van der Waals surface area contributed by atoms with Gasteiger partial charge in [0.1, 0.15) is 0 Å². The molecule has 0 aliphatic heterocycles. The molecule has 0 heterocycles. The summed E-state index contributed by atoms with van der Waals surface area (Å²) in [5, 5.41) is 0. The molecular formula is C30H50. The molecule has 0 nitrogen and oxygen atoms in total. The first-order valence-electron chi connectivity index (χ1n) is 13.6. The van der Waals surface area contributed by atoms with E-state index in [1.165, 1.54) is 64.2 Å². The van der Waals surface area contributed by atoms with Gasteiger partial charge in [-0.2, -0.15) is 0 Å². The Morgan fingerprint density at radius 1 is 0.767 bits per heavy atom. The Morgan fingerprint density at radius 3 is 2.20 bits per heavy atom. The average molecular weight is 411 g/mol. The quantitative estimate of drug-likeness (QED) is 0.378. The van der Waals surface area contributed by atoms with Crippen molar-refractivity contribution in [2.75, 3.05) is 0 Å². The fourth-order valence-electron chi connectivity index (χ4n) is 11.3. The summed E-state index contributed by atoms with van der Waals surface area (Å²) in [4.78, 5) is 0. The van der Waals surface area contributed by atoms with Crippen LogP contribution in [0.5, 0.6) is 0 Å². The van der Waals surface area contributed by atoms with Crippen LogP contribution in [0.25, 0.3) is 0 Å². The van der Waals surface area contributed by atoms with Crippen LogP contribution in [0, 0.1) is 56.7 Å². The van der Waals surface area contributed by atoms with Crippen molar-refractivity contribution < 1.29 is 0 Å². The van der Waals surface area contributed by atoms with Crippen molar-refractivity contribution in [3.8, 4) is 0 Å². The molecule has 5 rings (SSSR count). The van der Waals surface area contributed by atoms with Crippen molar-refractivity contribution in [1.29, 1.82) is 0 Å². The first kappa shape index (κ1) is 21.6. The SMILES string of the molecule is CC(C)[C@H]1CC[C@H]2C3=CC[C@@H]4[C@@]5(C)CCCC(C)(C)[C@H]5CC[C@@]4(C)[C@]3(C)CC[C@]12C. The van der Waals surface area contributed by atoms with E-state index in [1.54, 1.807) is 0 Å². The van der Waals surface area contributed by atoms with Crippen LogP contribution in [-0.4, -0.2) is 0 Å². The third-order valence-corrected chi connectivity index (χ3v) is 13.0. The Bertz CT molecular complexity index is 741. The molecule has 0 heteroatoms. The van der Waals surface area contributed by atoms with E-state index in [9.17, 15) is 0 Å². The summed E-state index contributed by atoms with van der Waals surface area (Å²) in [5.74, 6) is 4.47. The van der Waals surface area contributed by atoms with Crippen LogP contribution < -0.4 is 0 Å². The van der Waals surface area contributed by atoms with Crippen molar-refractivity contribution in [2.24, 2.45) is 56.7 Å². The second-order valence-electron chi connectivity index (χ2n) is 14.6. The number of hydrogen-bond acceptors (Lipinski definition) is 0. The molecule has 30 heavy (non-hydrogen) atoms. The minimum Gasteiger partial charge on any atom is -0.0841 e. The van der Waals surface area contributed by atoms with Gasteiger partial charge in [-0.25, -0.2) is 0 Å². The second-order valence-corrected chi connectivity index (χ2v) is 14.6. The van der Waals surface area contributed by atoms with Gasteiger partial charge in [0, 0.05) is 0 Å². The highest BCUT2D eigenvalue weighted by Gasteiger charge is 2.67. The second kappa shape index (κ2) is 6.41. The van der Waals surface area contributed by atoms with Gasteiger partial charge in [-0.3, -0.25) is 0 Å². The number of allylic oxidation sites excluding steroid dienone is 2. The van der Waals surface area contributed by atoms with Crippen LogP contribution in [0.15, 0.2) is 11.6 Å². The van der Waals surface area contributed by atoms with E-state index in [4.69, 9.17) is 0 Å². The van der Waals surface area contributed by atoms with Gasteiger partial charge >= 0.3 is 0 Å². The molecule has 0 bridgehead atoms. The number of hydrogen-bond donors (Lipinski definition) is 0. The van der Waals surface area contributed by atoms with E-state index < -0.39 is 0 Å². The lowest BCUT2D eigenvalue weighted by molar-refractivity contribution is -0.176. The topological polar surface area (TPSA) is 0 Å². The molecule has 170 valence electrons. The number of fused-ring (bicyclic) bond motifs is 7. The first-order chi connectivity index (χ1) is 13.9. The van der Waals surface area contributed by atoms with Gasteiger partial charge in [-0.05, 0) is 114 Å². The van der Waals surface area contributed by atoms with Gasteiger partial charge in [-0.15, -0.1) is 0 Å². The molecule has 0 radical (unpaired) electrons. The largest absolute Gasteiger partial charge is 0.0841 e. The predicted octanol–water partition coefficient (Wildman–Crippen LogP) is 9.05. The minimum atomic E-state index is 0.446. The predicted molar refractivity (Wildman–Crippen MR) is 129 cm³/mol. The Balaban J connectivity index is 1.56. The first-order valence-corrected chi connectivity index (χ1v) is 13.6. The van der Waals surface area contributed by atoms with Crippen molar-refractivity contribution in [3.05, 3.63) is 11.6 Å². The summed E-state index contributed by atoms with van der Waals surface area (Å²) in [5.41, 5.74) is 4.55. The Labute approximate surface area is 188 Å². The highest BCUT2D eigenvalue weighted by Crippen LogP contribution is 2.76. The highest BCUT2D eigenvalue weighted by atomic mass is 14.7. The summed E-state index contributed by atoms with van der Waals surface area (Å²) >= 11 is 0. The maximum atomic E-state index is 2.85. The van der Waals surface area contributed by atoms with Gasteiger partial charge in [0.05, 0.1) is 0 Å². The van der Waals surface area contributed by atoms with Crippen LogP contribution in [0.4, 0.5) is 0 Å². The molecule has 5 aliphatic carbocycles. The smallest absolute Gasteiger partial charge is 0.00565 e. The summed E-state index contributed by atoms with van der Waals surface area (Å²) in [7, 11) is 0. The van der Waals surface area contributed by atoms with Gasteiger partial charge in [0.15, 0.2) is 0 Å². The van der Waals surface area contributed by atoms with E-state index >= 15 is 0 Å². The zero-order valence-corrected chi connectivity index (χ0v) is 21.5. The fourth-order valence-corrected chi connectivity index (χ4v) is 11.3. The maximum Gasteiger partial charge on any atom is -0.00565 e. The normalized spacial score (nSPS) is 54.6. The van der Waals surface area contributed by atoms with Gasteiger partial charge in [0.25, 0.3) is 0 Å². The molecule has 0 amide bonds. The summed E-state index contributed by atoms with van der Waals surface area (Å²) in [6.07, 6.45) is 17.4. The van der Waals surface area contributed by atoms with Crippen molar-refractivity contribution in [3.63, 3.8) is 0 Å². The molecule has 0 saturated heterocycles. The zero-order valence-electron chi connectivity index (χ0n) is 21.5. The molecule has 8 atom stereocenters. The van der Waals surface area contributed by atoms with Crippen molar-refractivity contribution >= 4 is 0 Å². The third-order valence-electron chi connectivity index (χ3n) is 13.0. The van der Waals surface area contributed by atoms with Crippen molar-refractivity contribution in [1.82, 2.24) is 0 Å².